The Bertz CT molecular complexity index is 647. The number of halogens is 1. The van der Waals surface area contributed by atoms with Gasteiger partial charge in [0.25, 0.3) is 0 Å². The number of thiocarbonyl (C=S) groups is 1. The van der Waals surface area contributed by atoms with E-state index in [1.54, 1.807) is 6.20 Å². The summed E-state index contributed by atoms with van der Waals surface area (Å²) >= 11 is 11.1. The van der Waals surface area contributed by atoms with Crippen LogP contribution in [0.5, 0.6) is 0 Å². The number of nitrogens with zero attached hydrogens (tertiary/aromatic N) is 2. The van der Waals surface area contributed by atoms with Gasteiger partial charge in [-0.3, -0.25) is 10.4 Å². The van der Waals surface area contributed by atoms with Crippen LogP contribution < -0.4 is 10.7 Å². The van der Waals surface area contributed by atoms with Crippen LogP contribution in [0.15, 0.2) is 59.8 Å². The average Bonchev–Trinajstić information content (AvgIpc) is 2.63. The maximum Gasteiger partial charge on any atom is 0.186 e. The highest BCUT2D eigenvalue weighted by atomic mass is 35.5. The van der Waals surface area contributed by atoms with Gasteiger partial charge in [0.15, 0.2) is 5.11 Å². The van der Waals surface area contributed by atoms with Crippen molar-refractivity contribution in [1.82, 2.24) is 15.7 Å². The number of benzene rings is 1. The van der Waals surface area contributed by atoms with E-state index in [0.29, 0.717) is 17.5 Å². The van der Waals surface area contributed by atoms with Gasteiger partial charge in [-0.05, 0) is 42.8 Å². The van der Waals surface area contributed by atoms with Crippen molar-refractivity contribution in [2.24, 2.45) is 5.10 Å². The lowest BCUT2D eigenvalue weighted by Crippen LogP contribution is -2.34. The SMILES string of the molecule is S=C(NCCc1ccccn1)N/N=C(\CCCCl)c1ccccc1. The van der Waals surface area contributed by atoms with Crippen LogP contribution in [0.25, 0.3) is 0 Å². The lowest BCUT2D eigenvalue weighted by molar-refractivity contribution is 0.817. The minimum absolute atomic E-state index is 0.505. The Morgan fingerprint density at radius 1 is 1.12 bits per heavy atom. The van der Waals surface area contributed by atoms with Crippen molar-refractivity contribution in [3.8, 4) is 0 Å². The summed E-state index contributed by atoms with van der Waals surface area (Å²) < 4.78 is 0. The molecule has 6 heteroatoms. The van der Waals surface area contributed by atoms with Gasteiger partial charge in [-0.2, -0.15) is 5.10 Å². The van der Waals surface area contributed by atoms with E-state index in [2.05, 4.69) is 20.8 Å². The van der Waals surface area contributed by atoms with Gasteiger partial charge in [-0.25, -0.2) is 0 Å². The zero-order valence-corrected chi connectivity index (χ0v) is 15.0. The lowest BCUT2D eigenvalue weighted by Gasteiger charge is -2.10. The Labute approximate surface area is 153 Å². The molecule has 2 N–H and O–H groups in total. The highest BCUT2D eigenvalue weighted by Gasteiger charge is 2.04. The molecule has 0 amide bonds. The monoisotopic (exact) mass is 360 g/mol. The highest BCUT2D eigenvalue weighted by molar-refractivity contribution is 7.80. The van der Waals surface area contributed by atoms with Crippen molar-refractivity contribution < 1.29 is 0 Å². The molecule has 1 aromatic carbocycles. The van der Waals surface area contributed by atoms with Gasteiger partial charge in [0.2, 0.25) is 0 Å². The Morgan fingerprint density at radius 3 is 2.62 bits per heavy atom. The van der Waals surface area contributed by atoms with Crippen molar-refractivity contribution in [2.45, 2.75) is 19.3 Å². The number of hydrogen-bond donors (Lipinski definition) is 2. The molecule has 0 atom stereocenters. The van der Waals surface area contributed by atoms with Crippen LogP contribution in [-0.4, -0.2) is 28.2 Å². The molecule has 1 heterocycles. The number of hydrazone groups is 1. The molecule has 0 saturated carbocycles. The van der Waals surface area contributed by atoms with E-state index in [0.717, 1.165) is 36.2 Å². The van der Waals surface area contributed by atoms with Gasteiger partial charge < -0.3 is 5.32 Å². The van der Waals surface area contributed by atoms with Crippen LogP contribution in [0.4, 0.5) is 0 Å². The Balaban J connectivity index is 1.84. The van der Waals surface area contributed by atoms with Crippen LogP contribution >= 0.6 is 23.8 Å². The molecule has 126 valence electrons. The summed E-state index contributed by atoms with van der Waals surface area (Å²) in [5.41, 5.74) is 5.98. The van der Waals surface area contributed by atoms with Crippen molar-refractivity contribution in [3.63, 3.8) is 0 Å². The quantitative estimate of drug-likeness (QED) is 0.327. The molecular weight excluding hydrogens is 340 g/mol. The fourth-order valence-corrected chi connectivity index (χ4v) is 2.42. The van der Waals surface area contributed by atoms with Gasteiger partial charge in [0.05, 0.1) is 5.71 Å². The molecule has 2 aromatic rings. The van der Waals surface area contributed by atoms with Gasteiger partial charge >= 0.3 is 0 Å². The smallest absolute Gasteiger partial charge is 0.186 e. The number of rotatable bonds is 8. The summed E-state index contributed by atoms with van der Waals surface area (Å²) in [4.78, 5) is 4.28. The first kappa shape index (κ1) is 18.4. The number of aromatic nitrogens is 1. The molecule has 0 aliphatic heterocycles. The van der Waals surface area contributed by atoms with Gasteiger partial charge in [0.1, 0.15) is 0 Å². The molecule has 0 aliphatic carbocycles. The van der Waals surface area contributed by atoms with E-state index in [1.165, 1.54) is 0 Å². The maximum absolute atomic E-state index is 5.80. The minimum atomic E-state index is 0.505. The molecule has 4 nitrogen and oxygen atoms in total. The second kappa shape index (κ2) is 10.7. The minimum Gasteiger partial charge on any atom is -0.361 e. The molecule has 0 unspecified atom stereocenters. The number of alkyl halides is 1. The Hall–Kier alpha value is -1.98. The molecule has 1 aromatic heterocycles. The summed E-state index contributed by atoms with van der Waals surface area (Å²) in [6.07, 6.45) is 4.28. The molecule has 2 rings (SSSR count). The molecule has 0 radical (unpaired) electrons. The number of hydrogen-bond acceptors (Lipinski definition) is 3. The lowest BCUT2D eigenvalue weighted by atomic mass is 10.1. The van der Waals surface area contributed by atoms with Crippen LogP contribution in [0.2, 0.25) is 0 Å². The zero-order valence-electron chi connectivity index (χ0n) is 13.4. The molecular formula is C18H21ClN4S. The van der Waals surface area contributed by atoms with Gasteiger partial charge in [-0.15, -0.1) is 11.6 Å². The summed E-state index contributed by atoms with van der Waals surface area (Å²) in [5, 5.41) is 8.09. The second-order valence-corrected chi connectivity index (χ2v) is 5.94. The highest BCUT2D eigenvalue weighted by Crippen LogP contribution is 2.07. The third-order valence-electron chi connectivity index (χ3n) is 3.34. The third-order valence-corrected chi connectivity index (χ3v) is 3.84. The van der Waals surface area contributed by atoms with E-state index >= 15 is 0 Å². The summed E-state index contributed by atoms with van der Waals surface area (Å²) in [5.74, 6) is 0.610. The fraction of sp³-hybridized carbons (Fsp3) is 0.278. The van der Waals surface area contributed by atoms with E-state index in [9.17, 15) is 0 Å². The second-order valence-electron chi connectivity index (χ2n) is 5.16. The van der Waals surface area contributed by atoms with E-state index in [4.69, 9.17) is 23.8 Å². The van der Waals surface area contributed by atoms with Crippen LogP contribution in [0.1, 0.15) is 24.1 Å². The normalized spacial score (nSPS) is 11.1. The van der Waals surface area contributed by atoms with Crippen molar-refractivity contribution in [1.29, 1.82) is 0 Å². The van der Waals surface area contributed by atoms with E-state index in [-0.39, 0.29) is 0 Å². The van der Waals surface area contributed by atoms with Crippen LogP contribution in [0, 0.1) is 0 Å². The zero-order chi connectivity index (χ0) is 17.0. The Morgan fingerprint density at radius 2 is 1.92 bits per heavy atom. The molecule has 24 heavy (non-hydrogen) atoms. The summed E-state index contributed by atoms with van der Waals surface area (Å²) in [7, 11) is 0. The molecule has 0 spiro atoms. The van der Waals surface area contributed by atoms with Crippen molar-refractivity contribution >= 4 is 34.6 Å². The molecule has 0 fully saturated rings. The van der Waals surface area contributed by atoms with E-state index in [1.807, 2.05) is 48.5 Å². The topological polar surface area (TPSA) is 49.3 Å². The van der Waals surface area contributed by atoms with Crippen molar-refractivity contribution in [3.05, 3.63) is 66.0 Å². The Kier molecular flexibility index (Phi) is 8.21. The summed E-state index contributed by atoms with van der Waals surface area (Å²) in [6, 6.07) is 15.9. The first-order chi connectivity index (χ1) is 11.8. The van der Waals surface area contributed by atoms with Gasteiger partial charge in [0, 0.05) is 30.7 Å². The van der Waals surface area contributed by atoms with Crippen molar-refractivity contribution in [2.75, 3.05) is 12.4 Å². The van der Waals surface area contributed by atoms with Gasteiger partial charge in [-0.1, -0.05) is 36.4 Å². The summed E-state index contributed by atoms with van der Waals surface area (Å²) in [6.45, 7) is 0.709. The largest absolute Gasteiger partial charge is 0.361 e. The number of pyridine rings is 1. The van der Waals surface area contributed by atoms with E-state index < -0.39 is 0 Å². The predicted molar refractivity (Wildman–Crippen MR) is 105 cm³/mol. The third kappa shape index (κ3) is 6.64. The average molecular weight is 361 g/mol. The van der Waals surface area contributed by atoms with Crippen LogP contribution in [-0.2, 0) is 6.42 Å². The first-order valence-corrected chi connectivity index (χ1v) is 8.85. The van der Waals surface area contributed by atoms with Crippen LogP contribution in [0.3, 0.4) is 0 Å². The predicted octanol–water partition coefficient (Wildman–Crippen LogP) is 3.51. The first-order valence-electron chi connectivity index (χ1n) is 7.91. The maximum atomic E-state index is 5.80. The molecule has 0 bridgehead atoms. The molecule has 0 saturated heterocycles. The molecule has 0 aliphatic rings. The fourth-order valence-electron chi connectivity index (χ4n) is 2.14. The standard InChI is InChI=1S/C18H21ClN4S/c19-12-6-10-17(15-7-2-1-3-8-15)22-23-18(24)21-14-11-16-9-4-5-13-20-16/h1-5,7-9,13H,6,10-12,14H2,(H2,21,23,24)/b22-17+. The number of nitrogens with one attached hydrogen (secondary N) is 2.